The Morgan fingerprint density at radius 3 is 2.80 bits per heavy atom. The van der Waals surface area contributed by atoms with Gasteiger partial charge in [-0.1, -0.05) is 15.9 Å². The first kappa shape index (κ1) is 7.79. The quantitative estimate of drug-likeness (QED) is 0.668. The van der Waals surface area contributed by atoms with E-state index in [1.54, 1.807) is 0 Å². The minimum atomic E-state index is 0.991. The van der Waals surface area contributed by atoms with E-state index in [-0.39, 0.29) is 0 Å². The third-order valence-corrected chi connectivity index (χ3v) is 2.06. The van der Waals surface area contributed by atoms with E-state index in [9.17, 15) is 0 Å². The zero-order valence-electron chi connectivity index (χ0n) is 6.26. The van der Waals surface area contributed by atoms with Gasteiger partial charge in [-0.25, -0.2) is 4.98 Å². The van der Waals surface area contributed by atoms with Crippen LogP contribution in [0.4, 0.5) is 0 Å². The van der Waals surface area contributed by atoms with Crippen LogP contribution in [0.3, 0.4) is 0 Å². The lowest BCUT2D eigenvalue weighted by Crippen LogP contribution is -1.92. The molecule has 1 rings (SSSR count). The first-order valence-corrected chi connectivity index (χ1v) is 4.40. The fourth-order valence-electron chi connectivity index (χ4n) is 0.875. The Morgan fingerprint density at radius 2 is 2.40 bits per heavy atom. The van der Waals surface area contributed by atoms with Gasteiger partial charge in [0.05, 0.1) is 12.0 Å². The van der Waals surface area contributed by atoms with Crippen molar-refractivity contribution in [1.82, 2.24) is 9.55 Å². The molecule has 3 heteroatoms. The van der Waals surface area contributed by atoms with Crippen molar-refractivity contribution in [2.45, 2.75) is 13.3 Å². The minimum Gasteiger partial charge on any atom is -0.338 e. The predicted molar refractivity (Wildman–Crippen MR) is 45.4 cm³/mol. The second-order valence-corrected chi connectivity index (χ2v) is 3.12. The highest BCUT2D eigenvalue weighted by Gasteiger charge is 2.00. The van der Waals surface area contributed by atoms with E-state index in [4.69, 9.17) is 0 Å². The molecule has 1 heterocycles. The van der Waals surface area contributed by atoms with Crippen LogP contribution in [-0.2, 0) is 13.5 Å². The maximum Gasteiger partial charge on any atom is 0.0948 e. The molecule has 0 saturated carbocycles. The average molecular weight is 203 g/mol. The molecule has 0 radical (unpaired) electrons. The number of hydrogen-bond acceptors (Lipinski definition) is 1. The molecule has 0 unspecified atom stereocenters. The molecule has 0 saturated heterocycles. The third-order valence-electron chi connectivity index (χ3n) is 1.66. The van der Waals surface area contributed by atoms with Crippen LogP contribution in [0.15, 0.2) is 6.33 Å². The second-order valence-electron chi connectivity index (χ2n) is 2.33. The summed E-state index contributed by atoms with van der Waals surface area (Å²) >= 11 is 3.38. The van der Waals surface area contributed by atoms with Gasteiger partial charge < -0.3 is 4.57 Å². The molecule has 0 bridgehead atoms. The Balaban J connectivity index is 2.83. The Morgan fingerprint density at radius 1 is 1.70 bits per heavy atom. The first-order chi connectivity index (χ1) is 4.75. The summed E-state index contributed by atoms with van der Waals surface area (Å²) in [6.07, 6.45) is 2.88. The highest BCUT2D eigenvalue weighted by Crippen LogP contribution is 2.05. The molecule has 56 valence electrons. The minimum absolute atomic E-state index is 0.991. The van der Waals surface area contributed by atoms with Crippen LogP contribution in [-0.4, -0.2) is 14.9 Å². The maximum atomic E-state index is 4.24. The molecule has 0 aliphatic carbocycles. The first-order valence-electron chi connectivity index (χ1n) is 3.28. The monoisotopic (exact) mass is 202 g/mol. The van der Waals surface area contributed by atoms with Gasteiger partial charge in [-0.05, 0) is 6.92 Å². The zero-order chi connectivity index (χ0) is 7.56. The van der Waals surface area contributed by atoms with Crippen LogP contribution in [0.2, 0.25) is 0 Å². The molecule has 0 N–H and O–H groups in total. The molecular weight excluding hydrogens is 192 g/mol. The van der Waals surface area contributed by atoms with Crippen molar-refractivity contribution >= 4 is 15.9 Å². The Labute approximate surface area is 69.4 Å². The summed E-state index contributed by atoms with van der Waals surface area (Å²) in [4.78, 5) is 4.24. The summed E-state index contributed by atoms with van der Waals surface area (Å²) in [5.74, 6) is 0. The van der Waals surface area contributed by atoms with Crippen molar-refractivity contribution in [2.24, 2.45) is 7.05 Å². The lowest BCUT2D eigenvalue weighted by Gasteiger charge is -1.95. The number of hydrogen-bond donors (Lipinski definition) is 0. The Kier molecular flexibility index (Phi) is 2.49. The fourth-order valence-corrected chi connectivity index (χ4v) is 1.25. The molecule has 2 nitrogen and oxygen atoms in total. The molecule has 0 spiro atoms. The van der Waals surface area contributed by atoms with Gasteiger partial charge in [0, 0.05) is 24.5 Å². The highest BCUT2D eigenvalue weighted by molar-refractivity contribution is 9.09. The maximum absolute atomic E-state index is 4.24. The van der Waals surface area contributed by atoms with Crippen molar-refractivity contribution in [3.05, 3.63) is 17.7 Å². The van der Waals surface area contributed by atoms with E-state index in [1.807, 2.05) is 17.9 Å². The number of aryl methyl sites for hydroxylation is 2. The largest absolute Gasteiger partial charge is 0.338 e. The summed E-state index contributed by atoms with van der Waals surface area (Å²) < 4.78 is 2.04. The predicted octanol–water partition coefficient (Wildman–Crippen LogP) is 1.67. The highest BCUT2D eigenvalue weighted by atomic mass is 79.9. The van der Waals surface area contributed by atoms with Crippen LogP contribution in [0.25, 0.3) is 0 Å². The van der Waals surface area contributed by atoms with Crippen molar-refractivity contribution in [3.8, 4) is 0 Å². The van der Waals surface area contributed by atoms with Gasteiger partial charge >= 0.3 is 0 Å². The number of alkyl halides is 1. The normalized spacial score (nSPS) is 10.3. The topological polar surface area (TPSA) is 17.8 Å². The molecule has 10 heavy (non-hydrogen) atoms. The summed E-state index contributed by atoms with van der Waals surface area (Å²) in [7, 11) is 2.01. The van der Waals surface area contributed by atoms with E-state index < -0.39 is 0 Å². The van der Waals surface area contributed by atoms with Crippen molar-refractivity contribution in [1.29, 1.82) is 0 Å². The van der Waals surface area contributed by atoms with E-state index >= 15 is 0 Å². The molecule has 0 aliphatic rings. The van der Waals surface area contributed by atoms with Crippen LogP contribution < -0.4 is 0 Å². The molecule has 0 atom stereocenters. The van der Waals surface area contributed by atoms with Crippen LogP contribution in [0.1, 0.15) is 11.4 Å². The summed E-state index contributed by atoms with van der Waals surface area (Å²) in [5.41, 5.74) is 2.46. The standard InChI is InChI=1S/C7H11BrN2/c1-6-7(3-4-8)9-5-10(6)2/h5H,3-4H2,1-2H3. The Hall–Kier alpha value is -0.310. The second kappa shape index (κ2) is 3.19. The van der Waals surface area contributed by atoms with Gasteiger partial charge in [0.15, 0.2) is 0 Å². The molecular formula is C7H11BrN2. The smallest absolute Gasteiger partial charge is 0.0948 e. The van der Waals surface area contributed by atoms with Crippen LogP contribution in [0.5, 0.6) is 0 Å². The van der Waals surface area contributed by atoms with Gasteiger partial charge in [0.2, 0.25) is 0 Å². The lowest BCUT2D eigenvalue weighted by molar-refractivity contribution is 0.868. The number of imidazole rings is 1. The van der Waals surface area contributed by atoms with E-state index in [1.165, 1.54) is 11.4 Å². The number of rotatable bonds is 2. The lowest BCUT2D eigenvalue weighted by atomic mass is 10.3. The molecule has 0 fully saturated rings. The number of halogens is 1. The average Bonchev–Trinajstić information content (AvgIpc) is 2.20. The van der Waals surface area contributed by atoms with Crippen molar-refractivity contribution < 1.29 is 0 Å². The summed E-state index contributed by atoms with van der Waals surface area (Å²) in [6.45, 7) is 2.09. The number of nitrogens with zero attached hydrogens (tertiary/aromatic N) is 2. The van der Waals surface area contributed by atoms with Crippen molar-refractivity contribution in [3.63, 3.8) is 0 Å². The van der Waals surface area contributed by atoms with Gasteiger partial charge in [-0.3, -0.25) is 0 Å². The molecule has 1 aromatic rings. The van der Waals surface area contributed by atoms with Crippen LogP contribution in [0, 0.1) is 6.92 Å². The van der Waals surface area contributed by atoms with Gasteiger partial charge in [0.25, 0.3) is 0 Å². The zero-order valence-corrected chi connectivity index (χ0v) is 7.85. The third kappa shape index (κ3) is 1.40. The number of aromatic nitrogens is 2. The van der Waals surface area contributed by atoms with Gasteiger partial charge in [-0.2, -0.15) is 0 Å². The van der Waals surface area contributed by atoms with E-state index in [0.717, 1.165) is 11.8 Å². The van der Waals surface area contributed by atoms with Crippen LogP contribution >= 0.6 is 15.9 Å². The SMILES string of the molecule is Cc1c(CCBr)ncn1C. The molecule has 0 aromatic carbocycles. The summed E-state index contributed by atoms with van der Waals surface area (Å²) in [5, 5.41) is 0.991. The fraction of sp³-hybridized carbons (Fsp3) is 0.571. The van der Waals surface area contributed by atoms with Gasteiger partial charge in [0.1, 0.15) is 0 Å². The van der Waals surface area contributed by atoms with Crippen molar-refractivity contribution in [2.75, 3.05) is 5.33 Å². The van der Waals surface area contributed by atoms with E-state index in [2.05, 4.69) is 27.8 Å². The van der Waals surface area contributed by atoms with E-state index in [0.29, 0.717) is 0 Å². The Bertz CT molecular complexity index is 217. The molecule has 0 aliphatic heterocycles. The molecule has 0 amide bonds. The molecule has 1 aromatic heterocycles. The van der Waals surface area contributed by atoms with Gasteiger partial charge in [-0.15, -0.1) is 0 Å². The summed E-state index contributed by atoms with van der Waals surface area (Å²) in [6, 6.07) is 0.